The van der Waals surface area contributed by atoms with Gasteiger partial charge in [0.2, 0.25) is 0 Å². The Kier molecular flexibility index (Phi) is 1.84. The monoisotopic (exact) mass is 234 g/mol. The van der Waals surface area contributed by atoms with Crippen LogP contribution in [0.4, 0.5) is 0 Å². The van der Waals surface area contributed by atoms with Crippen LogP contribution in [-0.4, -0.2) is 0 Å². The maximum absolute atomic E-state index is 7.89. The summed E-state index contributed by atoms with van der Waals surface area (Å²) >= 11 is 3.33. The van der Waals surface area contributed by atoms with Crippen molar-refractivity contribution < 1.29 is 2.74 Å². The van der Waals surface area contributed by atoms with E-state index in [2.05, 4.69) is 15.9 Å². The van der Waals surface area contributed by atoms with Crippen molar-refractivity contribution in [3.8, 4) is 11.1 Å². The molecule has 64 valence electrons. The zero-order chi connectivity index (χ0) is 10.8. The average molecular weight is 235 g/mol. The highest BCUT2D eigenvalue weighted by Crippen LogP contribution is 2.22. The van der Waals surface area contributed by atoms with E-state index in [1.807, 2.05) is 30.3 Å². The van der Waals surface area contributed by atoms with Gasteiger partial charge in [-0.05, 0) is 23.2 Å². The van der Waals surface area contributed by atoms with Crippen molar-refractivity contribution in [2.45, 2.75) is 0 Å². The molecule has 1 heteroatoms. The minimum Gasteiger partial charge on any atom is -0.0622 e. The normalized spacial score (nSPS) is 12.1. The molecule has 0 radical (unpaired) electrons. The van der Waals surface area contributed by atoms with Gasteiger partial charge < -0.3 is 0 Å². The summed E-state index contributed by atoms with van der Waals surface area (Å²) in [4.78, 5) is 0. The maximum Gasteiger partial charge on any atom is 0.0641 e. The van der Waals surface area contributed by atoms with Crippen molar-refractivity contribution in [2.24, 2.45) is 0 Å². The van der Waals surface area contributed by atoms with Crippen molar-refractivity contribution >= 4 is 15.9 Å². The fourth-order valence-corrected chi connectivity index (χ4v) is 1.54. The highest BCUT2D eigenvalue weighted by Gasteiger charge is 1.95. The van der Waals surface area contributed by atoms with Gasteiger partial charge in [0.15, 0.2) is 0 Å². The summed E-state index contributed by atoms with van der Waals surface area (Å²) in [6.07, 6.45) is 0. The van der Waals surface area contributed by atoms with Crippen LogP contribution in [0.3, 0.4) is 0 Å². The molecule has 0 spiro atoms. The highest BCUT2D eigenvalue weighted by molar-refractivity contribution is 9.10. The number of rotatable bonds is 1. The quantitative estimate of drug-likeness (QED) is 0.697. The van der Waals surface area contributed by atoms with Crippen LogP contribution in [0.25, 0.3) is 11.1 Å². The second-order valence-electron chi connectivity index (χ2n) is 2.70. The molecule has 0 atom stereocenters. The molecule has 0 nitrogen and oxygen atoms in total. The summed E-state index contributed by atoms with van der Waals surface area (Å²) < 4.78 is 16.1. The van der Waals surface area contributed by atoms with Gasteiger partial charge in [-0.2, -0.15) is 0 Å². The molecule has 0 bridgehead atoms. The Bertz CT molecular complexity index is 477. The van der Waals surface area contributed by atoms with E-state index in [1.54, 1.807) is 12.1 Å². The van der Waals surface area contributed by atoms with E-state index < -0.39 is 0 Å². The Labute approximate surface area is 89.2 Å². The lowest BCUT2D eigenvalue weighted by molar-refractivity contribution is 1.59. The number of hydrogen-bond donors (Lipinski definition) is 0. The van der Waals surface area contributed by atoms with E-state index >= 15 is 0 Å². The van der Waals surface area contributed by atoms with Crippen molar-refractivity contribution in [1.29, 1.82) is 0 Å². The van der Waals surface area contributed by atoms with Gasteiger partial charge in [0.25, 0.3) is 0 Å². The van der Waals surface area contributed by atoms with Crippen LogP contribution in [0.5, 0.6) is 0 Å². The third-order valence-electron chi connectivity index (χ3n) is 1.79. The molecule has 0 aliphatic heterocycles. The maximum atomic E-state index is 7.89. The van der Waals surface area contributed by atoms with Crippen LogP contribution in [0, 0.1) is 0 Å². The van der Waals surface area contributed by atoms with Crippen molar-refractivity contribution in [1.82, 2.24) is 0 Å². The molecule has 0 aromatic heterocycles. The second-order valence-corrected chi connectivity index (χ2v) is 3.56. The Morgan fingerprint density at radius 1 is 0.923 bits per heavy atom. The lowest BCUT2D eigenvalue weighted by atomic mass is 10.1. The van der Waals surface area contributed by atoms with E-state index in [0.717, 1.165) is 15.6 Å². The van der Waals surface area contributed by atoms with E-state index in [0.29, 0.717) is 12.1 Å². The SMILES string of the molecule is [2H]c1ccc(-c2cccc(Br)c2[2H])cc1. The zero-order valence-electron chi connectivity index (χ0n) is 8.92. The topological polar surface area (TPSA) is 0 Å². The van der Waals surface area contributed by atoms with Crippen LogP contribution >= 0.6 is 15.9 Å². The third-order valence-corrected chi connectivity index (χ3v) is 2.25. The van der Waals surface area contributed by atoms with Gasteiger partial charge in [-0.3, -0.25) is 0 Å². The van der Waals surface area contributed by atoms with E-state index in [1.165, 1.54) is 0 Å². The number of halogens is 1. The van der Waals surface area contributed by atoms with E-state index in [4.69, 9.17) is 2.74 Å². The fourth-order valence-electron chi connectivity index (χ4n) is 1.18. The van der Waals surface area contributed by atoms with Gasteiger partial charge in [0, 0.05) is 4.47 Å². The van der Waals surface area contributed by atoms with Crippen LogP contribution in [-0.2, 0) is 0 Å². The predicted octanol–water partition coefficient (Wildman–Crippen LogP) is 4.12. The minimum atomic E-state index is 0.482. The van der Waals surface area contributed by atoms with Crippen molar-refractivity contribution in [3.63, 3.8) is 0 Å². The summed E-state index contributed by atoms with van der Waals surface area (Å²) in [6, 6.07) is 13.8. The molecule has 13 heavy (non-hydrogen) atoms. The molecule has 2 rings (SSSR count). The van der Waals surface area contributed by atoms with Gasteiger partial charge in [0.05, 0.1) is 2.74 Å². The first-order chi connectivity index (χ1) is 7.18. The van der Waals surface area contributed by atoms with Crippen molar-refractivity contribution in [3.05, 3.63) is 59.0 Å². The molecule has 0 aliphatic rings. The molecule has 0 fully saturated rings. The Morgan fingerprint density at radius 2 is 1.62 bits per heavy atom. The smallest absolute Gasteiger partial charge is 0.0622 e. The molecule has 2 aromatic rings. The zero-order valence-corrected chi connectivity index (χ0v) is 8.51. The Hall–Kier alpha value is -1.08. The fraction of sp³-hybridized carbons (Fsp3) is 0. The van der Waals surface area contributed by atoms with Crippen LogP contribution in [0.1, 0.15) is 2.74 Å². The predicted molar refractivity (Wildman–Crippen MR) is 59.6 cm³/mol. The largest absolute Gasteiger partial charge is 0.0641 e. The average Bonchev–Trinajstić information content (AvgIpc) is 2.24. The Morgan fingerprint density at radius 3 is 2.38 bits per heavy atom. The summed E-state index contributed by atoms with van der Waals surface area (Å²) in [5.74, 6) is 0. The molecule has 0 amide bonds. The minimum absolute atomic E-state index is 0.482. The molecule has 0 aliphatic carbocycles. The highest BCUT2D eigenvalue weighted by atomic mass is 79.9. The van der Waals surface area contributed by atoms with Crippen LogP contribution in [0.15, 0.2) is 59.0 Å². The van der Waals surface area contributed by atoms with Crippen molar-refractivity contribution in [2.75, 3.05) is 0 Å². The summed E-state index contributed by atoms with van der Waals surface area (Å²) in [7, 11) is 0. The van der Waals surface area contributed by atoms with Crippen LogP contribution in [0.2, 0.25) is 0 Å². The lowest BCUT2D eigenvalue weighted by Gasteiger charge is -2.00. The summed E-state index contributed by atoms with van der Waals surface area (Å²) in [5, 5.41) is 0. The van der Waals surface area contributed by atoms with Gasteiger partial charge in [-0.25, -0.2) is 0 Å². The molecule has 0 saturated heterocycles. The second kappa shape index (κ2) is 3.75. The number of benzene rings is 2. The van der Waals surface area contributed by atoms with E-state index in [9.17, 15) is 0 Å². The molecule has 0 saturated carbocycles. The van der Waals surface area contributed by atoms with E-state index in [-0.39, 0.29) is 0 Å². The lowest BCUT2D eigenvalue weighted by Crippen LogP contribution is -1.75. The summed E-state index contributed by atoms with van der Waals surface area (Å²) in [6.45, 7) is 0. The molecular weight excluding hydrogens is 224 g/mol. The van der Waals surface area contributed by atoms with Gasteiger partial charge in [-0.15, -0.1) is 0 Å². The number of hydrogen-bond acceptors (Lipinski definition) is 0. The molecular formula is C12H9Br. The Balaban J connectivity index is 2.54. The third kappa shape index (κ3) is 1.99. The molecule has 0 unspecified atom stereocenters. The molecule has 0 N–H and O–H groups in total. The standard InChI is InChI=1S/C12H9Br/c13-12-8-4-7-11(9-12)10-5-2-1-3-6-10/h1-9H/i1D,9D. The van der Waals surface area contributed by atoms with Gasteiger partial charge >= 0.3 is 0 Å². The van der Waals surface area contributed by atoms with Crippen LogP contribution < -0.4 is 0 Å². The summed E-state index contributed by atoms with van der Waals surface area (Å²) in [5.41, 5.74) is 1.85. The first kappa shape index (κ1) is 6.39. The molecule has 0 heterocycles. The molecule has 2 aromatic carbocycles. The van der Waals surface area contributed by atoms with Gasteiger partial charge in [-0.1, -0.05) is 58.4 Å². The first-order valence-corrected chi connectivity index (χ1v) is 4.80. The van der Waals surface area contributed by atoms with Gasteiger partial charge in [0.1, 0.15) is 0 Å². The first-order valence-electron chi connectivity index (χ1n) is 5.00.